The summed E-state index contributed by atoms with van der Waals surface area (Å²) in [5.74, 6) is -2.02. The number of benzene rings is 1. The molecule has 0 radical (unpaired) electrons. The number of halogens is 1. The predicted molar refractivity (Wildman–Crippen MR) is 67.0 cm³/mol. The molecular weight excluding hydrogens is 274 g/mol. The van der Waals surface area contributed by atoms with Crippen LogP contribution in [0.25, 0.3) is 10.9 Å². The zero-order valence-electron chi connectivity index (χ0n) is 9.49. The first-order valence-electron chi connectivity index (χ1n) is 5.28. The maximum Gasteiger partial charge on any atom is 0.335 e. The van der Waals surface area contributed by atoms with Crippen LogP contribution in [-0.4, -0.2) is 37.5 Å². The van der Waals surface area contributed by atoms with Crippen LogP contribution in [0, 0.1) is 0 Å². The van der Waals surface area contributed by atoms with E-state index in [1.165, 1.54) is 12.3 Å². The third-order valence-corrected chi connectivity index (χ3v) is 3.03. The minimum atomic E-state index is -2.07. The first-order valence-corrected chi connectivity index (χ1v) is 5.66. The molecule has 1 aromatic heterocycles. The topological polar surface area (TPSA) is 111 Å². The van der Waals surface area contributed by atoms with Crippen molar-refractivity contribution in [3.8, 4) is 5.75 Å². The lowest BCUT2D eigenvalue weighted by molar-refractivity contribution is -0.153. The molecule has 0 saturated heterocycles. The number of rotatable bonds is 3. The van der Waals surface area contributed by atoms with E-state index in [-0.39, 0.29) is 16.1 Å². The minimum Gasteiger partial charge on any atom is -0.505 e. The number of nitrogens with zero attached hydrogens (tertiary/aromatic N) is 1. The Hall–Kier alpha value is -1.89. The molecule has 0 amide bonds. The van der Waals surface area contributed by atoms with Gasteiger partial charge in [0.15, 0.2) is 6.10 Å². The molecule has 0 fully saturated rings. The fourth-order valence-electron chi connectivity index (χ4n) is 1.74. The Morgan fingerprint density at radius 2 is 2.05 bits per heavy atom. The van der Waals surface area contributed by atoms with Crippen LogP contribution in [-0.2, 0) is 4.79 Å². The zero-order chi connectivity index (χ0) is 14.2. The van der Waals surface area contributed by atoms with Crippen molar-refractivity contribution in [1.82, 2.24) is 4.98 Å². The van der Waals surface area contributed by atoms with Gasteiger partial charge in [-0.15, -0.1) is 0 Å². The Morgan fingerprint density at radius 1 is 1.37 bits per heavy atom. The molecule has 1 aromatic carbocycles. The summed E-state index contributed by atoms with van der Waals surface area (Å²) in [6.07, 6.45) is -2.45. The Balaban J connectivity index is 2.62. The van der Waals surface area contributed by atoms with Gasteiger partial charge in [0.25, 0.3) is 0 Å². The minimum absolute atomic E-state index is 0.127. The van der Waals surface area contributed by atoms with E-state index in [1.54, 1.807) is 12.1 Å². The van der Waals surface area contributed by atoms with E-state index in [4.69, 9.17) is 16.7 Å². The van der Waals surface area contributed by atoms with Crippen LogP contribution in [0.15, 0.2) is 24.4 Å². The second-order valence-corrected chi connectivity index (χ2v) is 4.33. The number of hydrogen-bond donors (Lipinski definition) is 4. The molecular formula is C12H10ClNO5. The molecule has 4 N–H and O–H groups in total. The Morgan fingerprint density at radius 3 is 2.68 bits per heavy atom. The van der Waals surface area contributed by atoms with Crippen molar-refractivity contribution in [2.24, 2.45) is 0 Å². The molecule has 19 heavy (non-hydrogen) atoms. The molecule has 7 heteroatoms. The third-order valence-electron chi connectivity index (χ3n) is 2.72. The van der Waals surface area contributed by atoms with E-state index in [9.17, 15) is 20.1 Å². The number of hydrogen-bond acceptors (Lipinski definition) is 5. The van der Waals surface area contributed by atoms with Gasteiger partial charge in [0.1, 0.15) is 17.4 Å². The van der Waals surface area contributed by atoms with Crippen molar-refractivity contribution in [2.45, 2.75) is 12.2 Å². The number of aliphatic carboxylic acids is 1. The lowest BCUT2D eigenvalue weighted by atomic mass is 10.0. The van der Waals surface area contributed by atoms with Crippen LogP contribution in [0.1, 0.15) is 11.7 Å². The number of phenolic OH excluding ortho intramolecular Hbond substituents is 1. The summed E-state index contributed by atoms with van der Waals surface area (Å²) < 4.78 is 0. The van der Waals surface area contributed by atoms with E-state index in [2.05, 4.69) is 4.98 Å². The molecule has 2 rings (SSSR count). The Kier molecular flexibility index (Phi) is 3.57. The summed E-state index contributed by atoms with van der Waals surface area (Å²) >= 11 is 5.97. The molecule has 1 heterocycles. The van der Waals surface area contributed by atoms with Gasteiger partial charge in [-0.1, -0.05) is 11.6 Å². The van der Waals surface area contributed by atoms with Crippen molar-refractivity contribution in [1.29, 1.82) is 0 Å². The summed E-state index contributed by atoms with van der Waals surface area (Å²) in [7, 11) is 0. The highest BCUT2D eigenvalue weighted by atomic mass is 35.5. The number of aromatic nitrogens is 1. The van der Waals surface area contributed by atoms with Crippen molar-refractivity contribution in [3.63, 3.8) is 0 Å². The highest BCUT2D eigenvalue weighted by Gasteiger charge is 2.28. The van der Waals surface area contributed by atoms with Crippen molar-refractivity contribution in [2.75, 3.05) is 0 Å². The third kappa shape index (κ3) is 2.33. The van der Waals surface area contributed by atoms with Gasteiger partial charge in [0.05, 0.1) is 5.02 Å². The molecule has 0 aliphatic carbocycles. The maximum absolute atomic E-state index is 10.6. The summed E-state index contributed by atoms with van der Waals surface area (Å²) in [6, 6.07) is 4.45. The number of phenols is 1. The molecule has 6 nitrogen and oxygen atoms in total. The van der Waals surface area contributed by atoms with E-state index in [1.807, 2.05) is 0 Å². The van der Waals surface area contributed by atoms with Crippen LogP contribution in [0.4, 0.5) is 0 Å². The highest BCUT2D eigenvalue weighted by molar-refractivity contribution is 6.35. The molecule has 0 bridgehead atoms. The van der Waals surface area contributed by atoms with E-state index in [0.29, 0.717) is 5.39 Å². The smallest absolute Gasteiger partial charge is 0.335 e. The molecule has 0 aliphatic heterocycles. The predicted octanol–water partition coefficient (Wildman–Crippen LogP) is 1.07. The van der Waals surface area contributed by atoms with Gasteiger partial charge in [-0.2, -0.15) is 0 Å². The number of fused-ring (bicyclic) bond motifs is 1. The zero-order valence-corrected chi connectivity index (χ0v) is 10.2. The summed E-state index contributed by atoms with van der Waals surface area (Å²) in [6.45, 7) is 0. The van der Waals surface area contributed by atoms with Crippen molar-refractivity contribution < 1.29 is 25.2 Å². The molecule has 2 atom stereocenters. The van der Waals surface area contributed by atoms with Gasteiger partial charge in [-0.25, -0.2) is 4.79 Å². The van der Waals surface area contributed by atoms with Crippen LogP contribution in [0.5, 0.6) is 5.75 Å². The molecule has 0 spiro atoms. The highest BCUT2D eigenvalue weighted by Crippen LogP contribution is 2.36. The summed E-state index contributed by atoms with van der Waals surface area (Å²) in [4.78, 5) is 14.5. The Bertz CT molecular complexity index is 645. The first kappa shape index (κ1) is 13.5. The van der Waals surface area contributed by atoms with Gasteiger partial charge in [0, 0.05) is 17.1 Å². The maximum atomic E-state index is 10.6. The second-order valence-electron chi connectivity index (χ2n) is 3.92. The van der Waals surface area contributed by atoms with Gasteiger partial charge in [-0.05, 0) is 18.2 Å². The van der Waals surface area contributed by atoms with E-state index < -0.39 is 23.9 Å². The largest absolute Gasteiger partial charge is 0.505 e. The van der Waals surface area contributed by atoms with Crippen LogP contribution < -0.4 is 0 Å². The first-order chi connectivity index (χ1) is 8.93. The molecule has 100 valence electrons. The van der Waals surface area contributed by atoms with E-state index >= 15 is 0 Å². The monoisotopic (exact) mass is 283 g/mol. The van der Waals surface area contributed by atoms with Crippen LogP contribution >= 0.6 is 11.6 Å². The number of pyridine rings is 1. The number of aliphatic hydroxyl groups is 2. The molecule has 0 aliphatic rings. The average Bonchev–Trinajstić information content (AvgIpc) is 2.41. The molecule has 2 unspecified atom stereocenters. The van der Waals surface area contributed by atoms with Gasteiger partial charge >= 0.3 is 5.97 Å². The van der Waals surface area contributed by atoms with Gasteiger partial charge in [-0.3, -0.25) is 4.98 Å². The van der Waals surface area contributed by atoms with Crippen molar-refractivity contribution >= 4 is 28.5 Å². The van der Waals surface area contributed by atoms with Crippen molar-refractivity contribution in [3.05, 3.63) is 35.0 Å². The van der Waals surface area contributed by atoms with Crippen LogP contribution in [0.3, 0.4) is 0 Å². The fourth-order valence-corrected chi connectivity index (χ4v) is 2.01. The molecule has 2 aromatic rings. The van der Waals surface area contributed by atoms with E-state index in [0.717, 1.165) is 0 Å². The number of carbonyl (C=O) groups is 1. The second kappa shape index (κ2) is 5.00. The summed E-state index contributed by atoms with van der Waals surface area (Å²) in [5, 5.41) is 38.3. The molecule has 0 saturated carbocycles. The van der Waals surface area contributed by atoms with Gasteiger partial charge in [0.2, 0.25) is 0 Å². The van der Waals surface area contributed by atoms with Gasteiger partial charge < -0.3 is 20.4 Å². The standard InChI is InChI=1S/C12H10ClNO5/c13-7-4-6(10(16)11(17)12(18)19)9(15)8-5(7)2-1-3-14-8/h1-4,10-11,15-17H,(H,18,19). The van der Waals surface area contributed by atoms with Crippen LogP contribution in [0.2, 0.25) is 5.02 Å². The lowest BCUT2D eigenvalue weighted by Crippen LogP contribution is -2.27. The number of aromatic hydroxyl groups is 1. The normalized spacial score (nSPS) is 14.3. The Labute approximate surface area is 112 Å². The lowest BCUT2D eigenvalue weighted by Gasteiger charge is -2.17. The SMILES string of the molecule is O=C(O)C(O)C(O)c1cc(Cl)c2cccnc2c1O. The number of carboxylic acids is 1. The number of carboxylic acid groups (broad SMARTS) is 1. The number of aliphatic hydroxyl groups excluding tert-OH is 2. The average molecular weight is 284 g/mol. The summed E-state index contributed by atoms with van der Waals surface area (Å²) in [5.41, 5.74) is -0.0623. The quantitative estimate of drug-likeness (QED) is 0.671. The fraction of sp³-hybridized carbons (Fsp3) is 0.167.